The molecule has 1 spiro atoms. The van der Waals surface area contributed by atoms with E-state index in [9.17, 15) is 4.55 Å². The first-order chi connectivity index (χ1) is 12.8. The van der Waals surface area contributed by atoms with Gasteiger partial charge in [0.1, 0.15) is 4.75 Å². The highest BCUT2D eigenvalue weighted by Crippen LogP contribution is 2.47. The summed E-state index contributed by atoms with van der Waals surface area (Å²) in [6.07, 6.45) is 11.4. The number of fused-ring (bicyclic) bond motifs is 1. The number of anilines is 1. The Morgan fingerprint density at radius 1 is 1.26 bits per heavy atom. The summed E-state index contributed by atoms with van der Waals surface area (Å²) in [6.45, 7) is 8.06. The van der Waals surface area contributed by atoms with E-state index in [0.29, 0.717) is 6.04 Å². The number of nitrogens with one attached hydrogen (secondary N) is 1. The van der Waals surface area contributed by atoms with Crippen LogP contribution in [0, 0.1) is 5.41 Å². The molecule has 27 heavy (non-hydrogen) atoms. The van der Waals surface area contributed by atoms with Gasteiger partial charge in [-0.2, -0.15) is 0 Å². The monoisotopic (exact) mass is 453 g/mol. The minimum absolute atomic E-state index is 0.223. The number of halogens is 1. The summed E-state index contributed by atoms with van der Waals surface area (Å²) in [5.74, 6) is 0.960. The molecule has 1 aliphatic carbocycles. The molecule has 1 N–H and O–H groups in total. The van der Waals surface area contributed by atoms with E-state index in [1.54, 1.807) is 0 Å². The smallest absolute Gasteiger partial charge is 0.211 e. The number of hydrogen-bond donors (Lipinski definition) is 1. The van der Waals surface area contributed by atoms with Gasteiger partial charge in [0.2, 0.25) is 5.95 Å². The van der Waals surface area contributed by atoms with Gasteiger partial charge in [0.25, 0.3) is 0 Å². The van der Waals surface area contributed by atoms with E-state index in [1.165, 1.54) is 12.8 Å². The van der Waals surface area contributed by atoms with Gasteiger partial charge in [0.15, 0.2) is 5.65 Å². The molecule has 2 aromatic heterocycles. The normalized spacial score (nSPS) is 24.0. The SMILES string of the molecule is CC(C)(C)[S@@+]([O-])NC1CCCC12CCN(c1ncc(Br)c3nccn13)CC2. The van der Waals surface area contributed by atoms with Gasteiger partial charge in [-0.3, -0.25) is 4.40 Å². The third kappa shape index (κ3) is 3.61. The van der Waals surface area contributed by atoms with E-state index in [0.717, 1.165) is 48.4 Å². The predicted molar refractivity (Wildman–Crippen MR) is 113 cm³/mol. The molecule has 3 heterocycles. The molecule has 2 aromatic rings. The summed E-state index contributed by atoms with van der Waals surface area (Å²) < 4.78 is 18.9. The maximum atomic E-state index is 12.6. The Hall–Kier alpha value is -0.830. The van der Waals surface area contributed by atoms with E-state index in [-0.39, 0.29) is 10.2 Å². The average molecular weight is 454 g/mol. The van der Waals surface area contributed by atoms with Crippen LogP contribution in [-0.4, -0.2) is 42.8 Å². The largest absolute Gasteiger partial charge is 0.598 e. The van der Waals surface area contributed by atoms with Gasteiger partial charge >= 0.3 is 0 Å². The maximum absolute atomic E-state index is 12.6. The van der Waals surface area contributed by atoms with Crippen LogP contribution in [0.4, 0.5) is 5.95 Å². The zero-order valence-corrected chi connectivity index (χ0v) is 18.6. The topological polar surface area (TPSA) is 68.5 Å². The highest BCUT2D eigenvalue weighted by molar-refractivity contribution is 9.10. The van der Waals surface area contributed by atoms with Crippen LogP contribution in [0.1, 0.15) is 52.9 Å². The average Bonchev–Trinajstić information content (AvgIpc) is 3.25. The van der Waals surface area contributed by atoms with E-state index >= 15 is 0 Å². The second-order valence-corrected chi connectivity index (χ2v) is 11.7. The van der Waals surface area contributed by atoms with Crippen LogP contribution >= 0.6 is 15.9 Å². The van der Waals surface area contributed by atoms with Crippen LogP contribution in [0.3, 0.4) is 0 Å². The third-order valence-corrected chi connectivity index (χ3v) is 8.29. The number of hydrogen-bond acceptors (Lipinski definition) is 5. The lowest BCUT2D eigenvalue weighted by atomic mass is 9.74. The van der Waals surface area contributed by atoms with Gasteiger partial charge in [0.05, 0.1) is 10.5 Å². The van der Waals surface area contributed by atoms with E-state index in [2.05, 4.69) is 39.9 Å². The second kappa shape index (κ2) is 7.21. The zero-order valence-electron chi connectivity index (χ0n) is 16.2. The van der Waals surface area contributed by atoms with Crippen LogP contribution in [-0.2, 0) is 11.4 Å². The van der Waals surface area contributed by atoms with Crippen molar-refractivity contribution in [3.8, 4) is 0 Å². The fourth-order valence-corrected chi connectivity index (χ4v) is 5.86. The summed E-state index contributed by atoms with van der Waals surface area (Å²) in [4.78, 5) is 11.4. The van der Waals surface area contributed by atoms with Crippen molar-refractivity contribution in [1.82, 2.24) is 19.1 Å². The van der Waals surface area contributed by atoms with Gasteiger partial charge in [-0.05, 0) is 67.8 Å². The van der Waals surface area contributed by atoms with Gasteiger partial charge < -0.3 is 9.45 Å². The predicted octanol–water partition coefficient (Wildman–Crippen LogP) is 3.68. The Labute approximate surface area is 172 Å². The fourth-order valence-electron chi connectivity index (χ4n) is 4.49. The van der Waals surface area contributed by atoms with Crippen molar-refractivity contribution in [2.75, 3.05) is 18.0 Å². The Morgan fingerprint density at radius 2 is 2.00 bits per heavy atom. The molecular formula is C19H28BrN5OS. The summed E-state index contributed by atoms with van der Waals surface area (Å²) in [7, 11) is 0. The molecule has 0 amide bonds. The lowest BCUT2D eigenvalue weighted by molar-refractivity contribution is 0.186. The summed E-state index contributed by atoms with van der Waals surface area (Å²) in [5, 5.41) is 0. The van der Waals surface area contributed by atoms with Crippen LogP contribution in [0.15, 0.2) is 23.1 Å². The molecule has 0 bridgehead atoms. The van der Waals surface area contributed by atoms with E-state index in [4.69, 9.17) is 0 Å². The Balaban J connectivity index is 1.49. The van der Waals surface area contributed by atoms with E-state index < -0.39 is 11.4 Å². The Morgan fingerprint density at radius 3 is 2.70 bits per heavy atom. The molecule has 4 rings (SSSR count). The van der Waals surface area contributed by atoms with E-state index in [1.807, 2.05) is 39.4 Å². The molecule has 2 aliphatic rings. The number of rotatable bonds is 3. The Kier molecular flexibility index (Phi) is 5.20. The second-order valence-electron chi connectivity index (χ2n) is 8.82. The molecule has 0 radical (unpaired) electrons. The number of piperidine rings is 1. The van der Waals surface area contributed by atoms with Gasteiger partial charge in [-0.1, -0.05) is 6.42 Å². The van der Waals surface area contributed by atoms with Crippen molar-refractivity contribution >= 4 is 38.9 Å². The number of imidazole rings is 1. The molecule has 2 atom stereocenters. The highest BCUT2D eigenvalue weighted by atomic mass is 79.9. The van der Waals surface area contributed by atoms with Gasteiger partial charge in [-0.25, -0.2) is 9.97 Å². The molecule has 1 unspecified atom stereocenters. The lowest BCUT2D eigenvalue weighted by Gasteiger charge is -2.44. The number of aromatic nitrogens is 3. The van der Waals surface area contributed by atoms with Crippen LogP contribution in [0.25, 0.3) is 5.65 Å². The summed E-state index contributed by atoms with van der Waals surface area (Å²) in [5.41, 5.74) is 1.17. The summed E-state index contributed by atoms with van der Waals surface area (Å²) in [6, 6.07) is 0.353. The standard InChI is InChI=1S/C19H28BrN5OS/c1-18(2,3)27(26)23-15-5-4-6-19(15)7-10-24(11-8-19)17-22-13-14(20)16-21-9-12-25(16)17/h9,12-13,15,23H,4-8,10-11H2,1-3H3/t15?,27-/m1/s1. The Bertz CT molecular complexity index is 812. The van der Waals surface area contributed by atoms with Crippen LogP contribution < -0.4 is 9.62 Å². The first-order valence-electron chi connectivity index (χ1n) is 9.71. The van der Waals surface area contributed by atoms with Crippen LogP contribution in [0.5, 0.6) is 0 Å². The molecule has 148 valence electrons. The number of nitrogens with zero attached hydrogens (tertiary/aromatic N) is 4. The quantitative estimate of drug-likeness (QED) is 0.717. The van der Waals surface area contributed by atoms with Gasteiger partial charge in [-0.15, -0.1) is 4.72 Å². The fraction of sp³-hybridized carbons (Fsp3) is 0.684. The van der Waals surface area contributed by atoms with Crippen molar-refractivity contribution in [3.05, 3.63) is 23.1 Å². The first kappa shape index (κ1) is 19.5. The maximum Gasteiger partial charge on any atom is 0.211 e. The third-order valence-electron chi connectivity index (χ3n) is 6.12. The first-order valence-corrected chi connectivity index (χ1v) is 11.7. The minimum Gasteiger partial charge on any atom is -0.598 e. The van der Waals surface area contributed by atoms with Crippen molar-refractivity contribution in [1.29, 1.82) is 0 Å². The van der Waals surface area contributed by atoms with Crippen molar-refractivity contribution in [3.63, 3.8) is 0 Å². The molecule has 1 saturated carbocycles. The highest BCUT2D eigenvalue weighted by Gasteiger charge is 2.48. The molecule has 2 fully saturated rings. The molecule has 0 aromatic carbocycles. The van der Waals surface area contributed by atoms with Crippen molar-refractivity contribution in [2.45, 2.75) is 63.7 Å². The zero-order chi connectivity index (χ0) is 19.2. The molecule has 1 aliphatic heterocycles. The van der Waals surface area contributed by atoms with Crippen molar-refractivity contribution < 1.29 is 4.55 Å². The lowest BCUT2D eigenvalue weighted by Crippen LogP contribution is -2.53. The minimum atomic E-state index is -1.01. The molecule has 8 heteroatoms. The van der Waals surface area contributed by atoms with Gasteiger partial charge in [0, 0.05) is 43.0 Å². The summed E-state index contributed by atoms with van der Waals surface area (Å²) >= 11 is 2.52. The van der Waals surface area contributed by atoms with Crippen molar-refractivity contribution in [2.24, 2.45) is 5.41 Å². The molecule has 1 saturated heterocycles. The molecule has 6 nitrogen and oxygen atoms in total. The molecular weight excluding hydrogens is 426 g/mol. The van der Waals surface area contributed by atoms with Crippen LogP contribution in [0.2, 0.25) is 0 Å².